The van der Waals surface area contributed by atoms with Gasteiger partial charge in [0.05, 0.1) is 0 Å². The van der Waals surface area contributed by atoms with Gasteiger partial charge in [-0.2, -0.15) is 0 Å². The lowest BCUT2D eigenvalue weighted by Crippen LogP contribution is -2.34. The summed E-state index contributed by atoms with van der Waals surface area (Å²) in [6.45, 7) is 6.18. The van der Waals surface area contributed by atoms with Crippen LogP contribution in [0.15, 0.2) is 43.0 Å². The summed E-state index contributed by atoms with van der Waals surface area (Å²) in [7, 11) is 0. The van der Waals surface area contributed by atoms with Crippen molar-refractivity contribution in [3.63, 3.8) is 0 Å². The Morgan fingerprint density at radius 2 is 0.905 bits per heavy atom. The highest BCUT2D eigenvalue weighted by molar-refractivity contribution is 5.94. The van der Waals surface area contributed by atoms with Crippen LogP contribution in [0.25, 0.3) is 0 Å². The third-order valence-electron chi connectivity index (χ3n) is 8.98. The first-order valence-electron chi connectivity index (χ1n) is 18.7. The zero-order chi connectivity index (χ0) is 30.2. The Morgan fingerprint density at radius 1 is 0.571 bits per heavy atom. The van der Waals surface area contributed by atoms with Gasteiger partial charge in [0.1, 0.15) is 0 Å². The zero-order valence-electron chi connectivity index (χ0n) is 28.2. The first-order chi connectivity index (χ1) is 20.8. The molecule has 0 aliphatic carbocycles. The molecule has 0 saturated carbocycles. The Kier molecular flexibility index (Phi) is 28.3. The minimum atomic E-state index is 0.0347. The molecule has 1 N–H and O–H groups in total. The van der Waals surface area contributed by atoms with E-state index in [1.54, 1.807) is 0 Å². The van der Waals surface area contributed by atoms with Crippen molar-refractivity contribution in [2.24, 2.45) is 0 Å². The second-order valence-electron chi connectivity index (χ2n) is 13.0. The Labute approximate surface area is 263 Å². The van der Waals surface area contributed by atoms with Crippen molar-refractivity contribution in [1.82, 2.24) is 5.32 Å². The molecule has 0 spiro atoms. The summed E-state index contributed by atoms with van der Waals surface area (Å²) in [6.07, 6.45) is 42.3. The second kappa shape index (κ2) is 30.9. The van der Waals surface area contributed by atoms with Gasteiger partial charge >= 0.3 is 0 Å². The van der Waals surface area contributed by atoms with Gasteiger partial charge in [-0.1, -0.05) is 205 Å². The lowest BCUT2D eigenvalue weighted by atomic mass is 10.0. The van der Waals surface area contributed by atoms with Crippen LogP contribution in [-0.4, -0.2) is 11.9 Å². The number of hydrogen-bond donors (Lipinski definition) is 1. The first kappa shape index (κ1) is 38.5. The molecule has 242 valence electrons. The highest BCUT2D eigenvalue weighted by Crippen LogP contribution is 2.17. The molecule has 42 heavy (non-hydrogen) atoms. The van der Waals surface area contributed by atoms with Crippen molar-refractivity contribution >= 4 is 5.91 Å². The molecule has 1 aromatic rings. The van der Waals surface area contributed by atoms with Crippen molar-refractivity contribution in [3.05, 3.63) is 48.6 Å². The molecular formula is C40H71NO. The smallest absolute Gasteiger partial charge is 0.251 e. The normalized spacial score (nSPS) is 11.9. The molecule has 2 nitrogen and oxygen atoms in total. The van der Waals surface area contributed by atoms with E-state index in [-0.39, 0.29) is 11.9 Å². The van der Waals surface area contributed by atoms with E-state index in [1.807, 2.05) is 36.4 Å². The van der Waals surface area contributed by atoms with Crippen LogP contribution in [0.4, 0.5) is 0 Å². The summed E-state index contributed by atoms with van der Waals surface area (Å²) in [6, 6.07) is 9.74. The van der Waals surface area contributed by atoms with Gasteiger partial charge in [0, 0.05) is 11.6 Å². The van der Waals surface area contributed by atoms with E-state index in [0.29, 0.717) is 0 Å². The summed E-state index contributed by atoms with van der Waals surface area (Å²) in [5, 5.41) is 3.19. The van der Waals surface area contributed by atoms with E-state index in [2.05, 4.69) is 18.8 Å². The molecule has 0 radical (unpaired) electrons. The lowest BCUT2D eigenvalue weighted by Gasteiger charge is -2.17. The number of unbranched alkanes of at least 4 members (excludes halogenated alkanes) is 26. The SMILES string of the molecule is C=CCC(CCCCCCCCCCCCCCCCCCCCCCCCCCCCC)NC(=O)c1ccccc1. The van der Waals surface area contributed by atoms with Crippen LogP contribution in [-0.2, 0) is 0 Å². The summed E-state index contributed by atoms with van der Waals surface area (Å²) in [5.41, 5.74) is 0.742. The van der Waals surface area contributed by atoms with Crippen LogP contribution >= 0.6 is 0 Å². The number of nitrogens with one attached hydrogen (secondary N) is 1. The molecule has 1 unspecified atom stereocenters. The van der Waals surface area contributed by atoms with Crippen molar-refractivity contribution in [1.29, 1.82) is 0 Å². The van der Waals surface area contributed by atoms with E-state index in [1.165, 1.54) is 173 Å². The van der Waals surface area contributed by atoms with Crippen LogP contribution in [0, 0.1) is 0 Å². The molecule has 1 rings (SSSR count). The zero-order valence-corrected chi connectivity index (χ0v) is 28.2. The molecule has 1 aromatic carbocycles. The van der Waals surface area contributed by atoms with E-state index >= 15 is 0 Å². The van der Waals surface area contributed by atoms with Crippen LogP contribution in [0.1, 0.15) is 203 Å². The lowest BCUT2D eigenvalue weighted by molar-refractivity contribution is 0.0934. The second-order valence-corrected chi connectivity index (χ2v) is 13.0. The number of amides is 1. The Bertz CT molecular complexity index is 699. The van der Waals surface area contributed by atoms with Gasteiger partial charge in [0.2, 0.25) is 0 Å². The van der Waals surface area contributed by atoms with Gasteiger partial charge in [-0.3, -0.25) is 4.79 Å². The van der Waals surface area contributed by atoms with Crippen LogP contribution < -0.4 is 5.32 Å². The Hall–Kier alpha value is -1.57. The predicted molar refractivity (Wildman–Crippen MR) is 187 cm³/mol. The van der Waals surface area contributed by atoms with Crippen molar-refractivity contribution < 1.29 is 4.79 Å². The van der Waals surface area contributed by atoms with Gasteiger partial charge < -0.3 is 5.32 Å². The third kappa shape index (κ3) is 25.0. The average molecular weight is 582 g/mol. The van der Waals surface area contributed by atoms with Gasteiger partial charge in [0.15, 0.2) is 0 Å². The van der Waals surface area contributed by atoms with Gasteiger partial charge in [-0.05, 0) is 25.0 Å². The quantitative estimate of drug-likeness (QED) is 0.0665. The van der Waals surface area contributed by atoms with E-state index in [9.17, 15) is 4.79 Å². The van der Waals surface area contributed by atoms with Crippen molar-refractivity contribution in [2.45, 2.75) is 199 Å². The summed E-state index contributed by atoms with van der Waals surface area (Å²) in [4.78, 5) is 12.4. The largest absolute Gasteiger partial charge is 0.349 e. The van der Waals surface area contributed by atoms with E-state index < -0.39 is 0 Å². The van der Waals surface area contributed by atoms with Crippen molar-refractivity contribution in [2.75, 3.05) is 0 Å². The molecule has 0 heterocycles. The molecule has 0 aliphatic rings. The highest BCUT2D eigenvalue weighted by atomic mass is 16.1. The molecule has 1 amide bonds. The maximum absolute atomic E-state index is 12.4. The van der Waals surface area contributed by atoms with Crippen LogP contribution in [0.3, 0.4) is 0 Å². The number of benzene rings is 1. The minimum Gasteiger partial charge on any atom is -0.349 e. The maximum Gasteiger partial charge on any atom is 0.251 e. The molecule has 0 aromatic heterocycles. The minimum absolute atomic E-state index is 0.0347. The molecule has 1 atom stereocenters. The first-order valence-corrected chi connectivity index (χ1v) is 18.7. The Balaban J connectivity index is 1.77. The van der Waals surface area contributed by atoms with E-state index in [4.69, 9.17) is 0 Å². The highest BCUT2D eigenvalue weighted by Gasteiger charge is 2.12. The topological polar surface area (TPSA) is 29.1 Å². The predicted octanol–water partition coefficient (Wildman–Crippen LogP) is 13.3. The number of carbonyl (C=O) groups excluding carboxylic acids is 1. The fourth-order valence-corrected chi connectivity index (χ4v) is 6.19. The fourth-order valence-electron chi connectivity index (χ4n) is 6.19. The average Bonchev–Trinajstić information content (AvgIpc) is 3.01. The van der Waals surface area contributed by atoms with Crippen LogP contribution in [0.5, 0.6) is 0 Å². The monoisotopic (exact) mass is 582 g/mol. The standard InChI is InChI=1S/C40H71NO/c1-3-5-6-7-8-9-10-11-12-13-14-15-16-17-18-19-20-21-22-23-24-25-26-27-28-29-33-37-39(34-4-2)41-40(42)38-35-31-30-32-36-38/h4,30-32,35-36,39H,2-3,5-29,33-34,37H2,1H3,(H,41,42). The number of rotatable bonds is 32. The molecular weight excluding hydrogens is 510 g/mol. The third-order valence-corrected chi connectivity index (χ3v) is 8.98. The number of hydrogen-bond acceptors (Lipinski definition) is 1. The summed E-state index contributed by atoms with van der Waals surface area (Å²) in [5.74, 6) is 0.0347. The van der Waals surface area contributed by atoms with Gasteiger partial charge in [-0.25, -0.2) is 0 Å². The maximum atomic E-state index is 12.4. The van der Waals surface area contributed by atoms with Gasteiger partial charge in [-0.15, -0.1) is 6.58 Å². The molecule has 0 aliphatic heterocycles. The number of carbonyl (C=O) groups is 1. The molecule has 0 bridgehead atoms. The van der Waals surface area contributed by atoms with Crippen LogP contribution in [0.2, 0.25) is 0 Å². The summed E-state index contributed by atoms with van der Waals surface area (Å²) < 4.78 is 0. The molecule has 0 fully saturated rings. The molecule has 2 heteroatoms. The van der Waals surface area contributed by atoms with Crippen molar-refractivity contribution in [3.8, 4) is 0 Å². The fraction of sp³-hybridized carbons (Fsp3) is 0.775. The van der Waals surface area contributed by atoms with E-state index in [0.717, 1.165) is 18.4 Å². The summed E-state index contributed by atoms with van der Waals surface area (Å²) >= 11 is 0. The van der Waals surface area contributed by atoms with Gasteiger partial charge in [0.25, 0.3) is 5.91 Å². The Morgan fingerprint density at radius 3 is 1.24 bits per heavy atom. The molecule has 0 saturated heterocycles.